The molecule has 0 spiro atoms. The zero-order chi connectivity index (χ0) is 13.4. The average molecular weight is 313 g/mol. The zero-order valence-electron chi connectivity index (χ0n) is 10.6. The van der Waals surface area contributed by atoms with Crippen LogP contribution in [0.15, 0.2) is 53.0 Å². The molecule has 0 amide bonds. The van der Waals surface area contributed by atoms with Crippen LogP contribution in [0.5, 0.6) is 0 Å². The fourth-order valence-electron chi connectivity index (χ4n) is 2.55. The predicted molar refractivity (Wildman–Crippen MR) is 83.5 cm³/mol. The van der Waals surface area contributed by atoms with Crippen molar-refractivity contribution in [1.29, 1.82) is 0 Å². The summed E-state index contributed by atoms with van der Waals surface area (Å²) in [4.78, 5) is 11.5. The van der Waals surface area contributed by atoms with Gasteiger partial charge >= 0.3 is 0 Å². The summed E-state index contributed by atoms with van der Waals surface area (Å²) in [5, 5.41) is 4.82. The van der Waals surface area contributed by atoms with Crippen LogP contribution in [0.25, 0.3) is 21.5 Å². The molecule has 94 valence electrons. The van der Waals surface area contributed by atoms with Gasteiger partial charge in [-0.2, -0.15) is 0 Å². The van der Waals surface area contributed by atoms with E-state index in [0.29, 0.717) is 6.42 Å². The molecule has 2 heteroatoms. The number of carbonyl (C=O) groups is 1. The molecule has 3 aromatic rings. The Bertz CT molecular complexity index is 790. The topological polar surface area (TPSA) is 17.1 Å². The Morgan fingerprint density at radius 1 is 0.947 bits per heavy atom. The van der Waals surface area contributed by atoms with Gasteiger partial charge in [0.15, 0.2) is 0 Å². The molecule has 0 saturated carbocycles. The van der Waals surface area contributed by atoms with Gasteiger partial charge in [0.25, 0.3) is 0 Å². The van der Waals surface area contributed by atoms with Crippen LogP contribution in [0, 0.1) is 0 Å². The maximum Gasteiger partial charge on any atom is 0.134 e. The molecule has 0 heterocycles. The van der Waals surface area contributed by atoms with E-state index in [1.807, 2.05) is 12.1 Å². The van der Waals surface area contributed by atoms with Crippen LogP contribution >= 0.6 is 15.9 Å². The molecular weight excluding hydrogens is 300 g/mol. The number of carbonyl (C=O) groups excluding carboxylic acids is 1. The zero-order valence-corrected chi connectivity index (χ0v) is 12.2. The first-order valence-corrected chi connectivity index (χ1v) is 7.04. The number of Topliss-reactive ketones (excluding diaryl/α,β-unsaturated/α-hetero) is 1. The second kappa shape index (κ2) is 4.78. The average Bonchev–Trinajstić information content (AvgIpc) is 2.41. The summed E-state index contributed by atoms with van der Waals surface area (Å²) in [5.41, 5.74) is 1.08. The predicted octanol–water partition coefficient (Wildman–Crippen LogP) is 4.89. The highest BCUT2D eigenvalue weighted by atomic mass is 79.9. The highest BCUT2D eigenvalue weighted by Crippen LogP contribution is 2.32. The van der Waals surface area contributed by atoms with Gasteiger partial charge in [0, 0.05) is 10.9 Å². The lowest BCUT2D eigenvalue weighted by molar-refractivity contribution is -0.116. The molecule has 0 aromatic heterocycles. The molecule has 0 radical (unpaired) electrons. The normalized spacial score (nSPS) is 11.1. The van der Waals surface area contributed by atoms with Gasteiger partial charge in [-0.1, -0.05) is 58.4 Å². The van der Waals surface area contributed by atoms with Crippen molar-refractivity contribution >= 4 is 43.3 Å². The maximum atomic E-state index is 11.5. The highest BCUT2D eigenvalue weighted by molar-refractivity contribution is 9.10. The molecule has 0 aliphatic rings. The van der Waals surface area contributed by atoms with Crippen molar-refractivity contribution in [3.8, 4) is 0 Å². The summed E-state index contributed by atoms with van der Waals surface area (Å²) in [5.74, 6) is 0.182. The molecule has 0 bridgehead atoms. The molecule has 19 heavy (non-hydrogen) atoms. The molecule has 1 nitrogen and oxygen atoms in total. The summed E-state index contributed by atoms with van der Waals surface area (Å²) in [7, 11) is 0. The highest BCUT2D eigenvalue weighted by Gasteiger charge is 2.09. The minimum Gasteiger partial charge on any atom is -0.300 e. The van der Waals surface area contributed by atoms with Gasteiger partial charge in [0.05, 0.1) is 0 Å². The number of rotatable bonds is 2. The number of fused-ring (bicyclic) bond motifs is 3. The van der Waals surface area contributed by atoms with Gasteiger partial charge in [0.1, 0.15) is 5.78 Å². The summed E-state index contributed by atoms with van der Waals surface area (Å²) in [6.07, 6.45) is 0.469. The molecule has 0 N–H and O–H groups in total. The van der Waals surface area contributed by atoms with Gasteiger partial charge in [-0.25, -0.2) is 0 Å². The second-order valence-electron chi connectivity index (χ2n) is 4.79. The van der Waals surface area contributed by atoms with Crippen molar-refractivity contribution in [1.82, 2.24) is 0 Å². The van der Waals surface area contributed by atoms with Crippen molar-refractivity contribution in [2.45, 2.75) is 13.3 Å². The molecule has 0 aliphatic heterocycles. The van der Waals surface area contributed by atoms with Gasteiger partial charge in [-0.3, -0.25) is 4.79 Å². The molecule has 3 aromatic carbocycles. The Hall–Kier alpha value is -1.67. The Balaban J connectivity index is 2.40. The van der Waals surface area contributed by atoms with Crippen LogP contribution in [0.1, 0.15) is 12.5 Å². The monoisotopic (exact) mass is 312 g/mol. The number of hydrogen-bond acceptors (Lipinski definition) is 1. The summed E-state index contributed by atoms with van der Waals surface area (Å²) >= 11 is 3.56. The van der Waals surface area contributed by atoms with Crippen molar-refractivity contribution < 1.29 is 4.79 Å². The van der Waals surface area contributed by atoms with Gasteiger partial charge < -0.3 is 0 Å². The minimum atomic E-state index is 0.182. The Morgan fingerprint density at radius 3 is 2.47 bits per heavy atom. The number of ketones is 1. The van der Waals surface area contributed by atoms with E-state index >= 15 is 0 Å². The number of benzene rings is 3. The van der Waals surface area contributed by atoms with Gasteiger partial charge in [-0.05, 0) is 40.1 Å². The van der Waals surface area contributed by atoms with Crippen LogP contribution < -0.4 is 0 Å². The fourth-order valence-corrected chi connectivity index (χ4v) is 3.04. The van der Waals surface area contributed by atoms with Gasteiger partial charge in [0.2, 0.25) is 0 Å². The van der Waals surface area contributed by atoms with E-state index in [1.165, 1.54) is 16.2 Å². The first kappa shape index (κ1) is 12.4. The summed E-state index contributed by atoms with van der Waals surface area (Å²) in [6, 6.07) is 16.7. The SMILES string of the molecule is CC(=O)Cc1c(Br)ccc2c1ccc1ccccc12. The van der Waals surface area contributed by atoms with Crippen LogP contribution in [0.2, 0.25) is 0 Å². The molecule has 0 fully saturated rings. The molecule has 0 aliphatic carbocycles. The van der Waals surface area contributed by atoms with Crippen LogP contribution in [-0.2, 0) is 11.2 Å². The van der Waals surface area contributed by atoms with Gasteiger partial charge in [-0.15, -0.1) is 0 Å². The van der Waals surface area contributed by atoms with E-state index in [-0.39, 0.29) is 5.78 Å². The van der Waals surface area contributed by atoms with E-state index in [2.05, 4.69) is 52.3 Å². The Morgan fingerprint density at radius 2 is 1.68 bits per heavy atom. The lowest BCUT2D eigenvalue weighted by Crippen LogP contribution is -1.98. The first-order valence-electron chi connectivity index (χ1n) is 6.25. The summed E-state index contributed by atoms with van der Waals surface area (Å²) < 4.78 is 1.01. The van der Waals surface area contributed by atoms with E-state index in [1.54, 1.807) is 6.92 Å². The fraction of sp³-hybridized carbons (Fsp3) is 0.118. The van der Waals surface area contributed by atoms with Crippen LogP contribution in [0.4, 0.5) is 0 Å². The van der Waals surface area contributed by atoms with Crippen molar-refractivity contribution in [3.63, 3.8) is 0 Å². The third kappa shape index (κ3) is 2.17. The van der Waals surface area contributed by atoms with Crippen LogP contribution in [-0.4, -0.2) is 5.78 Å². The smallest absolute Gasteiger partial charge is 0.134 e. The van der Waals surface area contributed by atoms with E-state index < -0.39 is 0 Å². The lowest BCUT2D eigenvalue weighted by atomic mass is 9.96. The van der Waals surface area contributed by atoms with Crippen molar-refractivity contribution in [2.75, 3.05) is 0 Å². The number of hydrogen-bond donors (Lipinski definition) is 0. The molecule has 3 rings (SSSR count). The first-order chi connectivity index (χ1) is 9.16. The van der Waals surface area contributed by atoms with Crippen LogP contribution in [0.3, 0.4) is 0 Å². The van der Waals surface area contributed by atoms with Crippen molar-refractivity contribution in [3.05, 3.63) is 58.6 Å². The van der Waals surface area contributed by atoms with E-state index in [0.717, 1.165) is 15.4 Å². The molecule has 0 unspecified atom stereocenters. The van der Waals surface area contributed by atoms with E-state index in [4.69, 9.17) is 0 Å². The Kier molecular flexibility index (Phi) is 3.11. The second-order valence-corrected chi connectivity index (χ2v) is 5.64. The molecule has 0 atom stereocenters. The third-order valence-electron chi connectivity index (χ3n) is 3.41. The summed E-state index contributed by atoms with van der Waals surface area (Å²) in [6.45, 7) is 1.63. The largest absolute Gasteiger partial charge is 0.300 e. The quantitative estimate of drug-likeness (QED) is 0.616. The standard InChI is InChI=1S/C17H13BrO/c1-11(19)10-16-15-7-6-12-4-2-3-5-13(12)14(15)8-9-17(16)18/h2-9H,10H2,1H3. The third-order valence-corrected chi connectivity index (χ3v) is 4.15. The lowest BCUT2D eigenvalue weighted by Gasteiger charge is -2.10. The van der Waals surface area contributed by atoms with E-state index in [9.17, 15) is 4.79 Å². The Labute approximate surface area is 120 Å². The van der Waals surface area contributed by atoms with Crippen molar-refractivity contribution in [2.24, 2.45) is 0 Å². The molecular formula is C17H13BrO. The molecule has 0 saturated heterocycles. The number of halogens is 1. The maximum absolute atomic E-state index is 11.5. The minimum absolute atomic E-state index is 0.182.